The zero-order chi connectivity index (χ0) is 8.27. The van der Waals surface area contributed by atoms with E-state index in [1.807, 2.05) is 19.1 Å². The van der Waals surface area contributed by atoms with Gasteiger partial charge in [-0.3, -0.25) is 0 Å². The number of carboxylic acid groups (broad SMARTS) is 1. The molecule has 0 amide bonds. The summed E-state index contributed by atoms with van der Waals surface area (Å²) in [6.07, 6.45) is 7.30. The Labute approximate surface area is 66.2 Å². The lowest BCUT2D eigenvalue weighted by Gasteiger charge is -2.15. The van der Waals surface area contributed by atoms with Gasteiger partial charge < -0.3 is 5.11 Å². The van der Waals surface area contributed by atoms with Gasteiger partial charge >= 0.3 is 5.97 Å². The molecule has 0 radical (unpaired) electrons. The second-order valence-electron chi connectivity index (χ2n) is 2.70. The van der Waals surface area contributed by atoms with Gasteiger partial charge in [-0.15, -0.1) is 0 Å². The first kappa shape index (κ1) is 8.05. The fourth-order valence-corrected chi connectivity index (χ4v) is 1.31. The molecule has 0 saturated heterocycles. The average Bonchev–Trinajstić information content (AvgIpc) is 2.04. The number of aliphatic carboxylic acids is 1. The maximum absolute atomic E-state index is 10.6. The van der Waals surface area contributed by atoms with Crippen LogP contribution in [-0.4, -0.2) is 11.1 Å². The van der Waals surface area contributed by atoms with Crippen LogP contribution >= 0.6 is 0 Å². The van der Waals surface area contributed by atoms with Gasteiger partial charge in [-0.2, -0.15) is 0 Å². The molecule has 60 valence electrons. The predicted molar refractivity (Wildman–Crippen MR) is 43.3 cm³/mol. The number of hydrogen-bond acceptors (Lipinski definition) is 1. The highest BCUT2D eigenvalue weighted by molar-refractivity contribution is 5.87. The third kappa shape index (κ3) is 1.70. The maximum atomic E-state index is 10.6. The van der Waals surface area contributed by atoms with Crippen LogP contribution in [0.25, 0.3) is 0 Å². The minimum Gasteiger partial charge on any atom is -0.478 e. The van der Waals surface area contributed by atoms with Crippen molar-refractivity contribution in [2.24, 2.45) is 5.92 Å². The molecule has 1 N–H and O–H groups in total. The van der Waals surface area contributed by atoms with Gasteiger partial charge in [0.25, 0.3) is 0 Å². The summed E-state index contributed by atoms with van der Waals surface area (Å²) in [7, 11) is 0. The Morgan fingerprint density at radius 1 is 1.82 bits per heavy atom. The maximum Gasteiger partial charge on any atom is 0.331 e. The standard InChI is InChI=1S/C9H12O2/c1-2-7-5-3-4-6-8(7)9(10)11/h3-4,6-7H,2,5H2,1H3,(H,10,11). The van der Waals surface area contributed by atoms with E-state index in [1.165, 1.54) is 0 Å². The van der Waals surface area contributed by atoms with Gasteiger partial charge in [0.15, 0.2) is 0 Å². The Balaban J connectivity index is 2.78. The summed E-state index contributed by atoms with van der Waals surface area (Å²) < 4.78 is 0. The molecule has 1 atom stereocenters. The van der Waals surface area contributed by atoms with Gasteiger partial charge in [0.05, 0.1) is 0 Å². The molecule has 1 unspecified atom stereocenters. The molecule has 0 spiro atoms. The molecule has 0 aromatic heterocycles. The number of allylic oxidation sites excluding steroid dienone is 3. The minimum atomic E-state index is -0.777. The summed E-state index contributed by atoms with van der Waals surface area (Å²) in [6.45, 7) is 2.01. The lowest BCUT2D eigenvalue weighted by molar-refractivity contribution is -0.133. The SMILES string of the molecule is CCC1CC=CC=C1C(=O)O. The minimum absolute atomic E-state index is 0.220. The van der Waals surface area contributed by atoms with Crippen molar-refractivity contribution in [3.05, 3.63) is 23.8 Å². The molecule has 0 aromatic carbocycles. The van der Waals surface area contributed by atoms with E-state index in [-0.39, 0.29) is 5.92 Å². The summed E-state index contributed by atoms with van der Waals surface area (Å²) >= 11 is 0. The Kier molecular flexibility index (Phi) is 2.47. The number of carbonyl (C=O) groups is 1. The first-order valence-electron chi connectivity index (χ1n) is 3.85. The van der Waals surface area contributed by atoms with Crippen LogP contribution in [0.3, 0.4) is 0 Å². The smallest absolute Gasteiger partial charge is 0.331 e. The monoisotopic (exact) mass is 152 g/mol. The zero-order valence-electron chi connectivity index (χ0n) is 6.58. The predicted octanol–water partition coefficient (Wildman–Crippen LogP) is 1.98. The van der Waals surface area contributed by atoms with Crippen LogP contribution in [0.1, 0.15) is 19.8 Å². The normalized spacial score (nSPS) is 23.0. The highest BCUT2D eigenvalue weighted by Crippen LogP contribution is 2.23. The summed E-state index contributed by atoms with van der Waals surface area (Å²) in [6, 6.07) is 0. The molecule has 11 heavy (non-hydrogen) atoms. The first-order chi connectivity index (χ1) is 5.25. The third-order valence-corrected chi connectivity index (χ3v) is 2.01. The Bertz CT molecular complexity index is 214. The molecule has 0 bridgehead atoms. The second-order valence-corrected chi connectivity index (χ2v) is 2.70. The molecule has 0 aliphatic heterocycles. The van der Waals surface area contributed by atoms with E-state index >= 15 is 0 Å². The highest BCUT2D eigenvalue weighted by atomic mass is 16.4. The van der Waals surface area contributed by atoms with Crippen LogP contribution in [0.4, 0.5) is 0 Å². The van der Waals surface area contributed by atoms with Crippen molar-refractivity contribution >= 4 is 5.97 Å². The summed E-state index contributed by atoms with van der Waals surface area (Å²) in [5.41, 5.74) is 0.551. The fourth-order valence-electron chi connectivity index (χ4n) is 1.31. The van der Waals surface area contributed by atoms with Crippen LogP contribution in [0.5, 0.6) is 0 Å². The van der Waals surface area contributed by atoms with Crippen molar-refractivity contribution in [3.63, 3.8) is 0 Å². The van der Waals surface area contributed by atoms with Crippen molar-refractivity contribution in [2.75, 3.05) is 0 Å². The van der Waals surface area contributed by atoms with Crippen molar-refractivity contribution in [1.82, 2.24) is 0 Å². The lowest BCUT2D eigenvalue weighted by atomic mass is 9.89. The molecule has 0 fully saturated rings. The van der Waals surface area contributed by atoms with Crippen LogP contribution < -0.4 is 0 Å². The number of carboxylic acids is 1. The van der Waals surface area contributed by atoms with Crippen molar-refractivity contribution in [2.45, 2.75) is 19.8 Å². The Hall–Kier alpha value is -1.05. The quantitative estimate of drug-likeness (QED) is 0.657. The van der Waals surface area contributed by atoms with Crippen LogP contribution in [0, 0.1) is 5.92 Å². The number of hydrogen-bond donors (Lipinski definition) is 1. The van der Waals surface area contributed by atoms with Gasteiger partial charge in [0, 0.05) is 5.57 Å². The summed E-state index contributed by atoms with van der Waals surface area (Å²) in [5.74, 6) is -0.557. The van der Waals surface area contributed by atoms with Gasteiger partial charge in [0.1, 0.15) is 0 Å². The Morgan fingerprint density at radius 3 is 3.00 bits per heavy atom. The molecule has 1 aliphatic rings. The molecule has 2 heteroatoms. The molecule has 1 rings (SSSR count). The molecule has 0 saturated carbocycles. The molecule has 1 aliphatic carbocycles. The highest BCUT2D eigenvalue weighted by Gasteiger charge is 2.18. The Morgan fingerprint density at radius 2 is 2.55 bits per heavy atom. The summed E-state index contributed by atoms with van der Waals surface area (Å²) in [4.78, 5) is 10.6. The fraction of sp³-hybridized carbons (Fsp3) is 0.444. The lowest BCUT2D eigenvalue weighted by Crippen LogP contribution is -2.13. The number of rotatable bonds is 2. The largest absolute Gasteiger partial charge is 0.478 e. The van der Waals surface area contributed by atoms with Crippen LogP contribution in [0.2, 0.25) is 0 Å². The van der Waals surface area contributed by atoms with E-state index < -0.39 is 5.97 Å². The second kappa shape index (κ2) is 3.37. The van der Waals surface area contributed by atoms with Gasteiger partial charge in [-0.25, -0.2) is 4.79 Å². The molecule has 0 aromatic rings. The van der Waals surface area contributed by atoms with Crippen molar-refractivity contribution < 1.29 is 9.90 Å². The van der Waals surface area contributed by atoms with Gasteiger partial charge in [-0.1, -0.05) is 25.2 Å². The van der Waals surface area contributed by atoms with Crippen molar-refractivity contribution in [3.8, 4) is 0 Å². The van der Waals surface area contributed by atoms with Crippen molar-refractivity contribution in [1.29, 1.82) is 0 Å². The first-order valence-corrected chi connectivity index (χ1v) is 3.85. The van der Waals surface area contributed by atoms with Crippen LogP contribution in [-0.2, 0) is 4.79 Å². The van der Waals surface area contributed by atoms with E-state index in [9.17, 15) is 4.79 Å². The summed E-state index contributed by atoms with van der Waals surface area (Å²) in [5, 5.41) is 8.74. The van der Waals surface area contributed by atoms with E-state index in [1.54, 1.807) is 6.08 Å². The molecular formula is C9H12O2. The van der Waals surface area contributed by atoms with Crippen LogP contribution in [0.15, 0.2) is 23.8 Å². The van der Waals surface area contributed by atoms with E-state index in [0.29, 0.717) is 5.57 Å². The van der Waals surface area contributed by atoms with E-state index in [4.69, 9.17) is 5.11 Å². The molecule has 2 nitrogen and oxygen atoms in total. The molecule has 0 heterocycles. The van der Waals surface area contributed by atoms with E-state index in [0.717, 1.165) is 12.8 Å². The topological polar surface area (TPSA) is 37.3 Å². The van der Waals surface area contributed by atoms with E-state index in [2.05, 4.69) is 0 Å². The van der Waals surface area contributed by atoms with Gasteiger partial charge in [0.2, 0.25) is 0 Å². The van der Waals surface area contributed by atoms with Gasteiger partial charge in [-0.05, 0) is 18.8 Å². The average molecular weight is 152 g/mol. The molecular weight excluding hydrogens is 140 g/mol. The third-order valence-electron chi connectivity index (χ3n) is 2.01. The zero-order valence-corrected chi connectivity index (χ0v) is 6.58.